The van der Waals surface area contributed by atoms with Crippen molar-refractivity contribution in [2.75, 3.05) is 13.2 Å². The van der Waals surface area contributed by atoms with E-state index in [0.29, 0.717) is 28.2 Å². The van der Waals surface area contributed by atoms with Crippen LogP contribution < -0.4 is 14.8 Å². The molecule has 1 saturated heterocycles. The Kier molecular flexibility index (Phi) is 6.42. The van der Waals surface area contributed by atoms with Crippen LogP contribution in [0.3, 0.4) is 0 Å². The van der Waals surface area contributed by atoms with Crippen molar-refractivity contribution in [3.05, 3.63) is 64.6 Å². The maximum Gasteiger partial charge on any atom is 0.263 e. The zero-order valence-electron chi connectivity index (χ0n) is 16.2. The first-order valence-corrected chi connectivity index (χ1v) is 10.3. The number of thiocarbonyl (C=S) groups is 1. The normalized spacial score (nSPS) is 15.6. The van der Waals surface area contributed by atoms with Gasteiger partial charge in [-0.05, 0) is 35.3 Å². The van der Waals surface area contributed by atoms with Crippen molar-refractivity contribution in [1.82, 2.24) is 5.32 Å². The predicted molar refractivity (Wildman–Crippen MR) is 119 cm³/mol. The Morgan fingerprint density at radius 3 is 2.36 bits per heavy atom. The SMILES string of the molecule is CC(C)(C)c1ccc(OCCOc2ccccc2/C=C2\SC(=S)NC2=O)cc1. The Hall–Kier alpha value is -2.31. The molecular weight excluding hydrogens is 390 g/mol. The molecule has 0 spiro atoms. The van der Waals surface area contributed by atoms with Crippen LogP contribution in [0.2, 0.25) is 0 Å². The molecule has 1 aliphatic heterocycles. The smallest absolute Gasteiger partial charge is 0.263 e. The highest BCUT2D eigenvalue weighted by molar-refractivity contribution is 8.26. The predicted octanol–water partition coefficient (Wildman–Crippen LogP) is 4.93. The topological polar surface area (TPSA) is 47.6 Å². The lowest BCUT2D eigenvalue weighted by Crippen LogP contribution is -2.17. The summed E-state index contributed by atoms with van der Waals surface area (Å²) in [6, 6.07) is 15.7. The minimum absolute atomic E-state index is 0.123. The van der Waals surface area contributed by atoms with E-state index in [4.69, 9.17) is 21.7 Å². The van der Waals surface area contributed by atoms with Crippen LogP contribution in [-0.4, -0.2) is 23.4 Å². The number of carbonyl (C=O) groups excluding carboxylic acids is 1. The quantitative estimate of drug-likeness (QED) is 0.413. The molecule has 4 nitrogen and oxygen atoms in total. The molecule has 28 heavy (non-hydrogen) atoms. The first-order valence-electron chi connectivity index (χ1n) is 9.03. The average molecular weight is 414 g/mol. The summed E-state index contributed by atoms with van der Waals surface area (Å²) in [5.74, 6) is 1.35. The Bertz CT molecular complexity index is 899. The molecule has 0 radical (unpaired) electrons. The van der Waals surface area contributed by atoms with Crippen molar-refractivity contribution < 1.29 is 14.3 Å². The third kappa shape index (κ3) is 5.36. The van der Waals surface area contributed by atoms with E-state index in [9.17, 15) is 4.79 Å². The van der Waals surface area contributed by atoms with E-state index in [1.54, 1.807) is 6.08 Å². The van der Waals surface area contributed by atoms with Gasteiger partial charge >= 0.3 is 0 Å². The molecular formula is C22H23NO3S2. The summed E-state index contributed by atoms with van der Waals surface area (Å²) >= 11 is 6.28. The number of rotatable bonds is 6. The number of benzene rings is 2. The maximum atomic E-state index is 11.9. The van der Waals surface area contributed by atoms with Crippen molar-refractivity contribution >= 4 is 40.3 Å². The Labute approximate surface area is 175 Å². The van der Waals surface area contributed by atoms with Crippen molar-refractivity contribution in [2.45, 2.75) is 26.2 Å². The fraction of sp³-hybridized carbons (Fsp3) is 0.273. The number of para-hydroxylation sites is 1. The molecule has 2 aromatic carbocycles. The molecule has 1 heterocycles. The summed E-state index contributed by atoms with van der Waals surface area (Å²) in [6.45, 7) is 7.39. The standard InChI is InChI=1S/C22H23NO3S2/c1-22(2,3)16-8-10-17(11-9-16)25-12-13-26-18-7-5-4-6-15(18)14-19-20(24)23-21(27)28-19/h4-11,14H,12-13H2,1-3H3,(H,23,24,27)/b19-14-. The molecule has 0 aliphatic carbocycles. The van der Waals surface area contributed by atoms with Crippen LogP contribution in [0.1, 0.15) is 31.9 Å². The van der Waals surface area contributed by atoms with Crippen LogP contribution in [0.4, 0.5) is 0 Å². The zero-order chi connectivity index (χ0) is 20.1. The van der Waals surface area contributed by atoms with E-state index in [0.717, 1.165) is 11.3 Å². The highest BCUT2D eigenvalue weighted by Gasteiger charge is 2.22. The molecule has 0 bridgehead atoms. The van der Waals surface area contributed by atoms with E-state index in [2.05, 4.69) is 38.2 Å². The van der Waals surface area contributed by atoms with Crippen LogP contribution in [0, 0.1) is 0 Å². The van der Waals surface area contributed by atoms with E-state index >= 15 is 0 Å². The zero-order valence-corrected chi connectivity index (χ0v) is 17.8. The largest absolute Gasteiger partial charge is 0.490 e. The van der Waals surface area contributed by atoms with Gasteiger partial charge in [0, 0.05) is 5.56 Å². The third-order valence-electron chi connectivity index (χ3n) is 4.18. The fourth-order valence-electron chi connectivity index (χ4n) is 2.66. The molecule has 0 aromatic heterocycles. The molecule has 0 atom stereocenters. The third-order valence-corrected chi connectivity index (χ3v) is 5.34. The molecule has 3 rings (SSSR count). The summed E-state index contributed by atoms with van der Waals surface area (Å²) < 4.78 is 12.1. The molecule has 0 unspecified atom stereocenters. The van der Waals surface area contributed by atoms with Gasteiger partial charge in [0.05, 0.1) is 4.91 Å². The first kappa shape index (κ1) is 20.4. The number of amides is 1. The Morgan fingerprint density at radius 1 is 1.04 bits per heavy atom. The van der Waals surface area contributed by atoms with Gasteiger partial charge in [0.15, 0.2) is 0 Å². The Morgan fingerprint density at radius 2 is 1.71 bits per heavy atom. The lowest BCUT2D eigenvalue weighted by Gasteiger charge is -2.19. The van der Waals surface area contributed by atoms with Crippen LogP contribution in [0.5, 0.6) is 11.5 Å². The van der Waals surface area contributed by atoms with Gasteiger partial charge in [0.2, 0.25) is 0 Å². The Balaban J connectivity index is 1.56. The number of hydrogen-bond donors (Lipinski definition) is 1. The van der Waals surface area contributed by atoms with Crippen molar-refractivity contribution in [3.8, 4) is 11.5 Å². The minimum Gasteiger partial charge on any atom is -0.490 e. The van der Waals surface area contributed by atoms with E-state index in [1.165, 1.54) is 17.3 Å². The first-order chi connectivity index (χ1) is 13.3. The van der Waals surface area contributed by atoms with Gasteiger partial charge in [-0.3, -0.25) is 4.79 Å². The van der Waals surface area contributed by atoms with Crippen LogP contribution in [0.15, 0.2) is 53.4 Å². The second-order valence-corrected chi connectivity index (χ2v) is 9.08. The van der Waals surface area contributed by atoms with Crippen LogP contribution in [-0.2, 0) is 10.2 Å². The number of thioether (sulfide) groups is 1. The number of hydrogen-bond acceptors (Lipinski definition) is 5. The summed E-state index contributed by atoms with van der Waals surface area (Å²) in [5, 5.41) is 2.62. The summed E-state index contributed by atoms with van der Waals surface area (Å²) in [6.07, 6.45) is 1.79. The van der Waals surface area contributed by atoms with E-state index < -0.39 is 0 Å². The second-order valence-electron chi connectivity index (χ2n) is 7.36. The van der Waals surface area contributed by atoms with Gasteiger partial charge in [0.25, 0.3) is 5.91 Å². The van der Waals surface area contributed by atoms with Gasteiger partial charge in [-0.2, -0.15) is 0 Å². The summed E-state index contributed by atoms with van der Waals surface area (Å²) in [4.78, 5) is 12.4. The van der Waals surface area contributed by atoms with Crippen molar-refractivity contribution in [3.63, 3.8) is 0 Å². The number of nitrogens with one attached hydrogen (secondary N) is 1. The van der Waals surface area contributed by atoms with E-state index in [1.807, 2.05) is 36.4 Å². The molecule has 1 amide bonds. The minimum atomic E-state index is -0.174. The summed E-state index contributed by atoms with van der Waals surface area (Å²) in [7, 11) is 0. The number of carbonyl (C=O) groups is 1. The highest BCUT2D eigenvalue weighted by Crippen LogP contribution is 2.29. The lowest BCUT2D eigenvalue weighted by atomic mass is 9.87. The monoisotopic (exact) mass is 413 g/mol. The lowest BCUT2D eigenvalue weighted by molar-refractivity contribution is -0.115. The van der Waals surface area contributed by atoms with Crippen molar-refractivity contribution in [1.29, 1.82) is 0 Å². The molecule has 1 N–H and O–H groups in total. The molecule has 0 saturated carbocycles. The van der Waals surface area contributed by atoms with Crippen molar-refractivity contribution in [2.24, 2.45) is 0 Å². The fourth-order valence-corrected chi connectivity index (χ4v) is 3.69. The molecule has 1 aliphatic rings. The molecule has 2 aromatic rings. The van der Waals surface area contributed by atoms with Crippen LogP contribution in [0.25, 0.3) is 6.08 Å². The molecule has 1 fully saturated rings. The maximum absolute atomic E-state index is 11.9. The second kappa shape index (κ2) is 8.80. The molecule has 146 valence electrons. The molecule has 6 heteroatoms. The van der Waals surface area contributed by atoms with Gasteiger partial charge in [0.1, 0.15) is 29.0 Å². The summed E-state index contributed by atoms with van der Waals surface area (Å²) in [5.41, 5.74) is 2.23. The van der Waals surface area contributed by atoms with Gasteiger partial charge in [-0.1, -0.05) is 75.1 Å². The van der Waals surface area contributed by atoms with Gasteiger partial charge in [-0.25, -0.2) is 0 Å². The average Bonchev–Trinajstić information content (AvgIpc) is 2.96. The number of ether oxygens (including phenoxy) is 2. The van der Waals surface area contributed by atoms with Gasteiger partial charge < -0.3 is 14.8 Å². The highest BCUT2D eigenvalue weighted by atomic mass is 32.2. The van der Waals surface area contributed by atoms with Gasteiger partial charge in [-0.15, -0.1) is 0 Å². The van der Waals surface area contributed by atoms with E-state index in [-0.39, 0.29) is 11.3 Å². The van der Waals surface area contributed by atoms with Crippen LogP contribution >= 0.6 is 24.0 Å².